The minimum absolute atomic E-state index is 0.285. The minimum atomic E-state index is -0.842. The summed E-state index contributed by atoms with van der Waals surface area (Å²) in [5.74, 6) is -1.02. The summed E-state index contributed by atoms with van der Waals surface area (Å²) in [6.45, 7) is 2.72. The summed E-state index contributed by atoms with van der Waals surface area (Å²) in [6.07, 6.45) is 0.891. The molecule has 0 spiro atoms. The lowest BCUT2D eigenvalue weighted by molar-refractivity contribution is 0.401. The molecule has 0 bridgehead atoms. The highest BCUT2D eigenvalue weighted by Gasteiger charge is 2.22. The zero-order chi connectivity index (χ0) is 15.2. The molecule has 2 aromatic carbocycles. The second kappa shape index (κ2) is 7.18. The average molecular weight is 291 g/mol. The van der Waals surface area contributed by atoms with Crippen molar-refractivity contribution in [2.24, 2.45) is 0 Å². The zero-order valence-corrected chi connectivity index (χ0v) is 12.2. The van der Waals surface area contributed by atoms with Gasteiger partial charge < -0.3 is 10.1 Å². The first-order valence-corrected chi connectivity index (χ1v) is 6.99. The Morgan fingerprint density at radius 2 is 1.76 bits per heavy atom. The van der Waals surface area contributed by atoms with Gasteiger partial charge in [-0.15, -0.1) is 0 Å². The Bertz CT molecular complexity index is 601. The van der Waals surface area contributed by atoms with Crippen LogP contribution in [0.25, 0.3) is 0 Å². The molecule has 2 aromatic rings. The number of nitrogens with one attached hydrogen (secondary N) is 1. The van der Waals surface area contributed by atoms with Gasteiger partial charge in [0, 0.05) is 11.1 Å². The molecule has 1 unspecified atom stereocenters. The van der Waals surface area contributed by atoms with Gasteiger partial charge in [-0.05, 0) is 25.1 Å². The van der Waals surface area contributed by atoms with E-state index in [4.69, 9.17) is 4.74 Å². The summed E-state index contributed by atoms with van der Waals surface area (Å²) < 4.78 is 33.0. The lowest BCUT2D eigenvalue weighted by Gasteiger charge is -2.22. The highest BCUT2D eigenvalue weighted by molar-refractivity contribution is 5.42. The van der Waals surface area contributed by atoms with Crippen LogP contribution >= 0.6 is 0 Å². The highest BCUT2D eigenvalue weighted by Crippen LogP contribution is 2.31. The van der Waals surface area contributed by atoms with Crippen LogP contribution in [-0.4, -0.2) is 13.7 Å². The molecule has 1 N–H and O–H groups in total. The van der Waals surface area contributed by atoms with Gasteiger partial charge >= 0.3 is 0 Å². The summed E-state index contributed by atoms with van der Waals surface area (Å²) >= 11 is 0. The van der Waals surface area contributed by atoms with Crippen molar-refractivity contribution in [2.45, 2.75) is 19.4 Å². The van der Waals surface area contributed by atoms with Crippen LogP contribution in [0.4, 0.5) is 8.78 Å². The Kier molecular flexibility index (Phi) is 5.28. The molecule has 112 valence electrons. The maximum atomic E-state index is 14.1. The molecule has 0 saturated heterocycles. The van der Waals surface area contributed by atoms with Crippen molar-refractivity contribution in [1.29, 1.82) is 0 Å². The van der Waals surface area contributed by atoms with Crippen molar-refractivity contribution < 1.29 is 13.5 Å². The van der Waals surface area contributed by atoms with Gasteiger partial charge in [0.15, 0.2) is 11.6 Å². The summed E-state index contributed by atoms with van der Waals surface area (Å²) in [5, 5.41) is 3.26. The summed E-state index contributed by atoms with van der Waals surface area (Å²) in [5.41, 5.74) is 1.07. The van der Waals surface area contributed by atoms with E-state index in [-0.39, 0.29) is 5.56 Å². The maximum absolute atomic E-state index is 14.1. The van der Waals surface area contributed by atoms with Gasteiger partial charge in [-0.2, -0.15) is 0 Å². The van der Waals surface area contributed by atoms with E-state index in [0.29, 0.717) is 12.3 Å². The molecule has 2 rings (SSSR count). The first-order valence-electron chi connectivity index (χ1n) is 6.99. The van der Waals surface area contributed by atoms with E-state index in [2.05, 4.69) is 5.32 Å². The molecule has 1 atom stereocenters. The molecule has 21 heavy (non-hydrogen) atoms. The van der Waals surface area contributed by atoms with Crippen LogP contribution in [0.3, 0.4) is 0 Å². The monoisotopic (exact) mass is 291 g/mol. The van der Waals surface area contributed by atoms with Crippen molar-refractivity contribution in [1.82, 2.24) is 5.32 Å². The number of ether oxygens (including phenoxy) is 1. The van der Waals surface area contributed by atoms with Gasteiger partial charge in [0.25, 0.3) is 0 Å². The fourth-order valence-electron chi connectivity index (χ4n) is 2.32. The van der Waals surface area contributed by atoms with Crippen LogP contribution in [0.2, 0.25) is 0 Å². The topological polar surface area (TPSA) is 21.3 Å². The number of methoxy groups -OCH3 is 1. The van der Waals surface area contributed by atoms with Crippen molar-refractivity contribution >= 4 is 0 Å². The number of hydrogen-bond acceptors (Lipinski definition) is 2. The molecule has 0 aliphatic carbocycles. The van der Waals surface area contributed by atoms with Crippen LogP contribution in [-0.2, 0) is 0 Å². The first kappa shape index (κ1) is 15.4. The molecule has 0 aromatic heterocycles. The van der Waals surface area contributed by atoms with Crippen LogP contribution in [0.5, 0.6) is 5.75 Å². The van der Waals surface area contributed by atoms with Crippen molar-refractivity contribution in [3.05, 3.63) is 65.2 Å². The molecule has 0 aliphatic heterocycles. The predicted octanol–water partition coefficient (Wildman–Crippen LogP) is 4.06. The third-order valence-electron chi connectivity index (χ3n) is 3.34. The van der Waals surface area contributed by atoms with Crippen molar-refractivity contribution in [2.75, 3.05) is 13.7 Å². The third-order valence-corrected chi connectivity index (χ3v) is 3.34. The smallest absolute Gasteiger partial charge is 0.163 e. The SMILES string of the molecule is CCCNC(c1ccccc1OC)c1cccc(F)c1F. The van der Waals surface area contributed by atoms with Gasteiger partial charge in [0.2, 0.25) is 0 Å². The van der Waals surface area contributed by atoms with Gasteiger partial charge in [-0.3, -0.25) is 0 Å². The normalized spacial score (nSPS) is 12.2. The fourth-order valence-corrected chi connectivity index (χ4v) is 2.32. The summed E-state index contributed by atoms with van der Waals surface area (Å²) in [4.78, 5) is 0. The lowest BCUT2D eigenvalue weighted by atomic mass is 9.97. The largest absolute Gasteiger partial charge is 0.496 e. The Morgan fingerprint density at radius 1 is 1.05 bits per heavy atom. The maximum Gasteiger partial charge on any atom is 0.163 e. The van der Waals surface area contributed by atoms with E-state index in [0.717, 1.165) is 18.1 Å². The van der Waals surface area contributed by atoms with Gasteiger partial charge in [-0.25, -0.2) is 8.78 Å². The quantitative estimate of drug-likeness (QED) is 0.866. The minimum Gasteiger partial charge on any atom is -0.496 e. The number of benzene rings is 2. The van der Waals surface area contributed by atoms with Crippen LogP contribution < -0.4 is 10.1 Å². The second-order valence-corrected chi connectivity index (χ2v) is 4.77. The summed E-state index contributed by atoms with van der Waals surface area (Å²) in [6, 6.07) is 11.2. The molecule has 2 nitrogen and oxygen atoms in total. The average Bonchev–Trinajstić information content (AvgIpc) is 2.52. The Balaban J connectivity index is 2.50. The van der Waals surface area contributed by atoms with E-state index >= 15 is 0 Å². The predicted molar refractivity (Wildman–Crippen MR) is 79.5 cm³/mol. The molecule has 0 amide bonds. The first-order chi connectivity index (χ1) is 10.2. The molecular weight excluding hydrogens is 272 g/mol. The number of hydrogen-bond donors (Lipinski definition) is 1. The van der Waals surface area contributed by atoms with Gasteiger partial charge in [0.05, 0.1) is 13.2 Å². The molecule has 0 heterocycles. The lowest BCUT2D eigenvalue weighted by Crippen LogP contribution is -2.25. The molecule has 0 saturated carbocycles. The van der Waals surface area contributed by atoms with Crippen LogP contribution in [0, 0.1) is 11.6 Å². The molecule has 0 radical (unpaired) electrons. The van der Waals surface area contributed by atoms with E-state index < -0.39 is 17.7 Å². The Labute approximate surface area is 123 Å². The Hall–Kier alpha value is -1.94. The van der Waals surface area contributed by atoms with Gasteiger partial charge in [0.1, 0.15) is 5.75 Å². The summed E-state index contributed by atoms with van der Waals surface area (Å²) in [7, 11) is 1.57. The van der Waals surface area contributed by atoms with Crippen LogP contribution in [0.15, 0.2) is 42.5 Å². The Morgan fingerprint density at radius 3 is 2.48 bits per heavy atom. The number of rotatable bonds is 6. The molecule has 0 fully saturated rings. The molecule has 0 aliphatic rings. The zero-order valence-electron chi connectivity index (χ0n) is 12.2. The number of para-hydroxylation sites is 1. The fraction of sp³-hybridized carbons (Fsp3) is 0.294. The van der Waals surface area contributed by atoms with Crippen molar-refractivity contribution in [3.8, 4) is 5.75 Å². The van der Waals surface area contributed by atoms with E-state index in [9.17, 15) is 8.78 Å². The standard InChI is InChI=1S/C17H19F2NO/c1-3-11-20-17(12-7-4-5-10-15(12)21-2)13-8-6-9-14(18)16(13)19/h4-10,17,20H,3,11H2,1-2H3. The number of halogens is 2. The third kappa shape index (κ3) is 3.39. The van der Waals surface area contributed by atoms with Crippen LogP contribution in [0.1, 0.15) is 30.5 Å². The molecule has 4 heteroatoms. The van der Waals surface area contributed by atoms with E-state index in [1.54, 1.807) is 13.2 Å². The second-order valence-electron chi connectivity index (χ2n) is 4.77. The van der Waals surface area contributed by atoms with E-state index in [1.165, 1.54) is 6.07 Å². The van der Waals surface area contributed by atoms with Crippen molar-refractivity contribution in [3.63, 3.8) is 0 Å². The highest BCUT2D eigenvalue weighted by atomic mass is 19.2. The molecular formula is C17H19F2NO. The van der Waals surface area contributed by atoms with E-state index in [1.807, 2.05) is 31.2 Å². The van der Waals surface area contributed by atoms with Gasteiger partial charge in [-0.1, -0.05) is 37.3 Å².